The molecule has 0 aliphatic heterocycles. The Morgan fingerprint density at radius 1 is 1.00 bits per heavy atom. The Kier molecular flexibility index (Phi) is 7.31. The van der Waals surface area contributed by atoms with Crippen molar-refractivity contribution in [2.75, 3.05) is 13.7 Å². The zero-order valence-electron chi connectivity index (χ0n) is 15.3. The molecule has 6 nitrogen and oxygen atoms in total. The number of hydrogen-bond acceptors (Lipinski definition) is 4. The van der Waals surface area contributed by atoms with E-state index in [2.05, 4.69) is 15.4 Å². The number of amides is 2. The first kappa shape index (κ1) is 19.9. The van der Waals surface area contributed by atoms with E-state index in [0.717, 1.165) is 11.1 Å². The van der Waals surface area contributed by atoms with Crippen LogP contribution in [-0.2, 0) is 16.1 Å². The lowest BCUT2D eigenvalue weighted by atomic mass is 10.1. The predicted octanol–water partition coefficient (Wildman–Crippen LogP) is 2.55. The molecule has 0 bridgehead atoms. The number of ether oxygens (including phenoxy) is 1. The summed E-state index contributed by atoms with van der Waals surface area (Å²) in [4.78, 5) is 35.2. The van der Waals surface area contributed by atoms with Gasteiger partial charge in [0, 0.05) is 24.7 Å². The second-order valence-electron chi connectivity index (χ2n) is 5.72. The molecule has 0 fully saturated rings. The Hall–Kier alpha value is -3.41. The third-order valence-corrected chi connectivity index (χ3v) is 3.75. The summed E-state index contributed by atoms with van der Waals surface area (Å²) in [6, 6.07) is 13.8. The smallest absolute Gasteiger partial charge is 0.337 e. The van der Waals surface area contributed by atoms with E-state index >= 15 is 0 Å². The Morgan fingerprint density at radius 2 is 1.74 bits per heavy atom. The number of nitrogens with one attached hydrogen (secondary N) is 2. The van der Waals surface area contributed by atoms with Gasteiger partial charge in [0.15, 0.2) is 0 Å². The van der Waals surface area contributed by atoms with Crippen molar-refractivity contribution in [3.63, 3.8) is 0 Å². The maximum atomic E-state index is 12.0. The molecule has 0 aliphatic carbocycles. The minimum atomic E-state index is -0.405. The molecule has 2 aromatic rings. The third kappa shape index (κ3) is 6.11. The molecular weight excluding hydrogens is 344 g/mol. The van der Waals surface area contributed by atoms with Crippen LogP contribution >= 0.6 is 0 Å². The summed E-state index contributed by atoms with van der Waals surface area (Å²) in [5, 5.41) is 5.52. The van der Waals surface area contributed by atoms with Gasteiger partial charge in [-0.25, -0.2) is 4.79 Å². The number of rotatable bonds is 7. The molecule has 0 saturated carbocycles. The van der Waals surface area contributed by atoms with Crippen LogP contribution in [0.5, 0.6) is 0 Å². The van der Waals surface area contributed by atoms with E-state index in [9.17, 15) is 14.4 Å². The van der Waals surface area contributed by atoms with Crippen LogP contribution in [0.1, 0.15) is 38.8 Å². The van der Waals surface area contributed by atoms with Crippen LogP contribution in [0.15, 0.2) is 54.6 Å². The van der Waals surface area contributed by atoms with Gasteiger partial charge in [0.25, 0.3) is 5.91 Å². The van der Waals surface area contributed by atoms with Crippen LogP contribution in [0.25, 0.3) is 6.08 Å². The molecule has 27 heavy (non-hydrogen) atoms. The molecule has 0 radical (unpaired) electrons. The van der Waals surface area contributed by atoms with Crippen molar-refractivity contribution < 1.29 is 19.1 Å². The van der Waals surface area contributed by atoms with Crippen molar-refractivity contribution in [3.8, 4) is 0 Å². The predicted molar refractivity (Wildman–Crippen MR) is 103 cm³/mol. The Bertz CT molecular complexity index is 842. The van der Waals surface area contributed by atoms with Gasteiger partial charge >= 0.3 is 5.97 Å². The molecule has 0 aromatic heterocycles. The molecule has 0 heterocycles. The zero-order valence-corrected chi connectivity index (χ0v) is 15.3. The first-order valence-corrected chi connectivity index (χ1v) is 8.55. The molecule has 0 unspecified atom stereocenters. The molecule has 0 atom stereocenters. The minimum Gasteiger partial charge on any atom is -0.465 e. The van der Waals surface area contributed by atoms with E-state index in [1.54, 1.807) is 48.5 Å². The van der Waals surface area contributed by atoms with Crippen molar-refractivity contribution in [1.29, 1.82) is 0 Å². The minimum absolute atomic E-state index is 0.138. The van der Waals surface area contributed by atoms with Crippen molar-refractivity contribution in [2.24, 2.45) is 0 Å². The third-order valence-electron chi connectivity index (χ3n) is 3.75. The summed E-state index contributed by atoms with van der Waals surface area (Å²) >= 11 is 0. The molecule has 2 N–H and O–H groups in total. The highest BCUT2D eigenvalue weighted by Gasteiger charge is 2.06. The monoisotopic (exact) mass is 366 g/mol. The SMILES string of the molecule is CCNC(=O)c1cccc(CNC(=O)/C=C/c2ccc(C(=O)OC)cc2)c1. The molecule has 2 aromatic carbocycles. The normalized spacial score (nSPS) is 10.4. The Balaban J connectivity index is 1.90. The lowest BCUT2D eigenvalue weighted by molar-refractivity contribution is -0.116. The van der Waals surface area contributed by atoms with Crippen LogP contribution in [0.4, 0.5) is 0 Å². The van der Waals surface area contributed by atoms with Crippen LogP contribution in [-0.4, -0.2) is 31.4 Å². The Labute approximate surface area is 158 Å². The molecule has 0 aliphatic rings. The van der Waals surface area contributed by atoms with Gasteiger partial charge in [-0.1, -0.05) is 24.3 Å². The first-order valence-electron chi connectivity index (χ1n) is 8.55. The molecule has 140 valence electrons. The van der Waals surface area contributed by atoms with E-state index in [4.69, 9.17) is 0 Å². The standard InChI is InChI=1S/C21H22N2O4/c1-3-22-20(25)18-6-4-5-16(13-18)14-23-19(24)12-9-15-7-10-17(11-8-15)21(26)27-2/h4-13H,3,14H2,1-2H3,(H,22,25)(H,23,24)/b12-9+. The summed E-state index contributed by atoms with van der Waals surface area (Å²) in [5.41, 5.74) is 2.63. The maximum absolute atomic E-state index is 12.0. The topological polar surface area (TPSA) is 84.5 Å². The molecule has 2 amide bonds. The highest BCUT2D eigenvalue weighted by Crippen LogP contribution is 2.08. The van der Waals surface area contributed by atoms with Gasteiger partial charge in [0.05, 0.1) is 12.7 Å². The highest BCUT2D eigenvalue weighted by atomic mass is 16.5. The highest BCUT2D eigenvalue weighted by molar-refractivity contribution is 5.94. The summed E-state index contributed by atoms with van der Waals surface area (Å²) in [6.07, 6.45) is 3.07. The van der Waals surface area contributed by atoms with E-state index in [1.165, 1.54) is 13.2 Å². The molecule has 2 rings (SSSR count). The van der Waals surface area contributed by atoms with Crippen LogP contribution in [0.3, 0.4) is 0 Å². The quantitative estimate of drug-likeness (QED) is 0.583. The zero-order chi connectivity index (χ0) is 19.6. The summed E-state index contributed by atoms with van der Waals surface area (Å²) in [7, 11) is 1.33. The van der Waals surface area contributed by atoms with Gasteiger partial charge in [-0.05, 0) is 48.4 Å². The Morgan fingerprint density at radius 3 is 2.41 bits per heavy atom. The van der Waals surface area contributed by atoms with Gasteiger partial charge in [-0.2, -0.15) is 0 Å². The van der Waals surface area contributed by atoms with Crippen molar-refractivity contribution >= 4 is 23.9 Å². The molecule has 6 heteroatoms. The van der Waals surface area contributed by atoms with Crippen LogP contribution in [0, 0.1) is 0 Å². The van der Waals surface area contributed by atoms with E-state index in [1.807, 2.05) is 13.0 Å². The summed E-state index contributed by atoms with van der Waals surface area (Å²) in [6.45, 7) is 2.74. The van der Waals surface area contributed by atoms with Crippen molar-refractivity contribution in [3.05, 3.63) is 76.9 Å². The fraction of sp³-hybridized carbons (Fsp3) is 0.190. The largest absolute Gasteiger partial charge is 0.465 e. The van der Waals surface area contributed by atoms with Gasteiger partial charge in [0.1, 0.15) is 0 Å². The van der Waals surface area contributed by atoms with Crippen LogP contribution < -0.4 is 10.6 Å². The average molecular weight is 366 g/mol. The number of esters is 1. The van der Waals surface area contributed by atoms with E-state index in [-0.39, 0.29) is 11.8 Å². The number of carbonyl (C=O) groups is 3. The maximum Gasteiger partial charge on any atom is 0.337 e. The second kappa shape index (κ2) is 9.91. The summed E-state index contributed by atoms with van der Waals surface area (Å²) < 4.78 is 4.64. The number of hydrogen-bond donors (Lipinski definition) is 2. The van der Waals surface area contributed by atoms with Gasteiger partial charge < -0.3 is 15.4 Å². The van der Waals surface area contributed by atoms with Gasteiger partial charge in [-0.3, -0.25) is 9.59 Å². The van der Waals surface area contributed by atoms with Crippen molar-refractivity contribution in [2.45, 2.75) is 13.5 Å². The van der Waals surface area contributed by atoms with E-state index < -0.39 is 5.97 Å². The summed E-state index contributed by atoms with van der Waals surface area (Å²) in [5.74, 6) is -0.797. The molecule has 0 saturated heterocycles. The number of benzene rings is 2. The first-order chi connectivity index (χ1) is 13.0. The second-order valence-corrected chi connectivity index (χ2v) is 5.72. The fourth-order valence-corrected chi connectivity index (χ4v) is 2.35. The van der Waals surface area contributed by atoms with Gasteiger partial charge in [-0.15, -0.1) is 0 Å². The lowest BCUT2D eigenvalue weighted by Crippen LogP contribution is -2.23. The van der Waals surface area contributed by atoms with Crippen LogP contribution in [0.2, 0.25) is 0 Å². The number of carbonyl (C=O) groups excluding carboxylic acids is 3. The van der Waals surface area contributed by atoms with Gasteiger partial charge in [0.2, 0.25) is 5.91 Å². The lowest BCUT2D eigenvalue weighted by Gasteiger charge is -2.06. The number of methoxy groups -OCH3 is 1. The van der Waals surface area contributed by atoms with Crippen molar-refractivity contribution in [1.82, 2.24) is 10.6 Å². The van der Waals surface area contributed by atoms with E-state index in [0.29, 0.717) is 24.2 Å². The molecular formula is C21H22N2O4. The fourth-order valence-electron chi connectivity index (χ4n) is 2.35. The molecule has 0 spiro atoms. The average Bonchev–Trinajstić information content (AvgIpc) is 2.71.